The van der Waals surface area contributed by atoms with Crippen molar-refractivity contribution in [3.05, 3.63) is 11.6 Å². The lowest BCUT2D eigenvalue weighted by atomic mass is 9.47. The fourth-order valence-electron chi connectivity index (χ4n) is 8.77. The molecule has 2 N–H and O–H groups in total. The molecule has 3 nitrogen and oxygen atoms in total. The van der Waals surface area contributed by atoms with Crippen LogP contribution in [-0.4, -0.2) is 36.6 Å². The van der Waals surface area contributed by atoms with E-state index in [-0.39, 0.29) is 11.5 Å². The first-order valence-corrected chi connectivity index (χ1v) is 12.7. The summed E-state index contributed by atoms with van der Waals surface area (Å²) in [5.74, 6) is 3.17. The van der Waals surface area contributed by atoms with E-state index >= 15 is 0 Å². The van der Waals surface area contributed by atoms with Gasteiger partial charge in [0.1, 0.15) is 6.54 Å². The zero-order chi connectivity index (χ0) is 20.2. The van der Waals surface area contributed by atoms with Crippen LogP contribution >= 0.6 is 0 Å². The predicted octanol–water partition coefficient (Wildman–Crippen LogP) is 3.56. The second-order valence-electron chi connectivity index (χ2n) is 11.8. The normalized spacial score (nSPS) is 47.7. The summed E-state index contributed by atoms with van der Waals surface area (Å²) in [5.41, 5.74) is 2.10. The first-order chi connectivity index (χ1) is 13.9. The van der Waals surface area contributed by atoms with Crippen LogP contribution in [0.3, 0.4) is 0 Å². The summed E-state index contributed by atoms with van der Waals surface area (Å²) in [4.78, 5) is 15.0. The zero-order valence-corrected chi connectivity index (χ0v) is 18.7. The minimum absolute atomic E-state index is 0.120. The maximum Gasteiger partial charge on any atom is 0.190 e. The molecule has 3 saturated carbocycles. The van der Waals surface area contributed by atoms with Crippen LogP contribution in [0.1, 0.15) is 84.5 Å². The second kappa shape index (κ2) is 7.48. The van der Waals surface area contributed by atoms with Gasteiger partial charge in [0.2, 0.25) is 0 Å². The van der Waals surface area contributed by atoms with Crippen LogP contribution in [0.2, 0.25) is 0 Å². The van der Waals surface area contributed by atoms with Crippen molar-refractivity contribution < 1.29 is 14.8 Å². The fourth-order valence-corrected chi connectivity index (χ4v) is 8.77. The van der Waals surface area contributed by atoms with E-state index in [2.05, 4.69) is 19.9 Å². The van der Waals surface area contributed by atoms with E-state index in [1.165, 1.54) is 58.0 Å². The topological polar surface area (TPSA) is 41.7 Å². The van der Waals surface area contributed by atoms with Gasteiger partial charge in [0.05, 0.1) is 19.2 Å². The number of piperidine rings is 1. The smallest absolute Gasteiger partial charge is 0.190 e. The molecule has 4 aliphatic carbocycles. The van der Waals surface area contributed by atoms with E-state index in [9.17, 15) is 9.90 Å². The minimum Gasteiger partial charge on any atom is -0.393 e. The molecule has 0 aromatic heterocycles. The molecule has 0 aromatic rings. The number of carbonyl (C=O) groups is 1. The van der Waals surface area contributed by atoms with Crippen LogP contribution in [0, 0.1) is 34.5 Å². The number of nitrogens with one attached hydrogen (secondary N) is 1. The average Bonchev–Trinajstić information content (AvgIpc) is 3.06. The van der Waals surface area contributed by atoms with Gasteiger partial charge in [-0.15, -0.1) is 0 Å². The van der Waals surface area contributed by atoms with Gasteiger partial charge >= 0.3 is 0 Å². The highest BCUT2D eigenvalue weighted by atomic mass is 16.3. The highest BCUT2D eigenvalue weighted by Gasteiger charge is 2.59. The van der Waals surface area contributed by atoms with Gasteiger partial charge in [-0.3, -0.25) is 4.79 Å². The number of allylic oxidation sites excluding steroid dienone is 1. The number of hydrogen-bond donors (Lipinski definition) is 2. The van der Waals surface area contributed by atoms with E-state index in [0.29, 0.717) is 17.1 Å². The Morgan fingerprint density at radius 3 is 2.66 bits per heavy atom. The Labute approximate surface area is 177 Å². The lowest BCUT2D eigenvalue weighted by Gasteiger charge is -2.57. The van der Waals surface area contributed by atoms with Crippen molar-refractivity contribution in [3.8, 4) is 0 Å². The molecule has 0 bridgehead atoms. The Balaban J connectivity index is 1.33. The zero-order valence-electron chi connectivity index (χ0n) is 18.7. The standard InChI is InChI=1S/C26H41NO2/c1-25-12-10-19(28)16-18(25)6-7-20-21-8-9-23(26(21,2)13-11-22(20)25)24(29)17-27-14-4-3-5-15-27/h6,19-23,28H,3-5,7-17H2,1-2H3/p+1/t19-,20+,21-,22+,23+,25-,26-/m0/s1. The van der Waals surface area contributed by atoms with Crippen LogP contribution in [0.25, 0.3) is 0 Å². The minimum atomic E-state index is -0.120. The van der Waals surface area contributed by atoms with Gasteiger partial charge in [-0.2, -0.15) is 0 Å². The van der Waals surface area contributed by atoms with Gasteiger partial charge in [-0.1, -0.05) is 25.5 Å². The molecular weight excluding hydrogens is 358 g/mol. The molecule has 29 heavy (non-hydrogen) atoms. The molecule has 0 spiro atoms. The summed E-state index contributed by atoms with van der Waals surface area (Å²) < 4.78 is 0. The first kappa shape index (κ1) is 20.2. The molecule has 5 rings (SSSR count). The van der Waals surface area contributed by atoms with Gasteiger partial charge in [-0.05, 0) is 99.2 Å². The highest BCUT2D eigenvalue weighted by Crippen LogP contribution is 2.66. The lowest BCUT2D eigenvalue weighted by molar-refractivity contribution is -0.896. The van der Waals surface area contributed by atoms with Gasteiger partial charge in [-0.25, -0.2) is 0 Å². The number of fused-ring (bicyclic) bond motifs is 5. The second-order valence-corrected chi connectivity index (χ2v) is 11.8. The third kappa shape index (κ3) is 3.26. The van der Waals surface area contributed by atoms with Crippen molar-refractivity contribution in [1.82, 2.24) is 0 Å². The number of ketones is 1. The SMILES string of the molecule is C[C@]12CC[C@@H]3[C@H](CC=C4C[C@@H](O)CC[C@@]43C)[C@@H]1CC[C@@H]2C(=O)C[NH+]1CCCCC1. The van der Waals surface area contributed by atoms with Crippen LogP contribution < -0.4 is 4.90 Å². The molecule has 1 saturated heterocycles. The third-order valence-electron chi connectivity index (χ3n) is 10.5. The van der Waals surface area contributed by atoms with Crippen molar-refractivity contribution in [2.24, 2.45) is 34.5 Å². The van der Waals surface area contributed by atoms with Crippen molar-refractivity contribution in [3.63, 3.8) is 0 Å². The summed E-state index contributed by atoms with van der Waals surface area (Å²) in [6.45, 7) is 8.20. The third-order valence-corrected chi connectivity index (χ3v) is 10.5. The Bertz CT molecular complexity index is 680. The molecular formula is C26H42NO2+. The molecule has 7 atom stereocenters. The Hall–Kier alpha value is -0.670. The number of aliphatic hydroxyl groups is 1. The van der Waals surface area contributed by atoms with Crippen molar-refractivity contribution in [1.29, 1.82) is 0 Å². The molecule has 162 valence electrons. The van der Waals surface area contributed by atoms with Crippen LogP contribution in [0.15, 0.2) is 11.6 Å². The molecule has 5 aliphatic rings. The largest absolute Gasteiger partial charge is 0.393 e. The summed E-state index contributed by atoms with van der Waals surface area (Å²) in [6, 6.07) is 0. The first-order valence-electron chi connectivity index (χ1n) is 12.7. The molecule has 3 heteroatoms. The van der Waals surface area contributed by atoms with E-state index < -0.39 is 0 Å². The van der Waals surface area contributed by atoms with Crippen molar-refractivity contribution >= 4 is 5.78 Å². The average molecular weight is 401 g/mol. The van der Waals surface area contributed by atoms with Crippen LogP contribution in [0.5, 0.6) is 0 Å². The number of carbonyl (C=O) groups excluding carboxylic acids is 1. The van der Waals surface area contributed by atoms with Crippen LogP contribution in [-0.2, 0) is 4.79 Å². The monoisotopic (exact) mass is 400 g/mol. The fraction of sp³-hybridized carbons (Fsp3) is 0.885. The maximum atomic E-state index is 13.4. The maximum absolute atomic E-state index is 13.4. The summed E-state index contributed by atoms with van der Waals surface area (Å²) in [5, 5.41) is 10.2. The summed E-state index contributed by atoms with van der Waals surface area (Å²) >= 11 is 0. The van der Waals surface area contributed by atoms with Crippen molar-refractivity contribution in [2.45, 2.75) is 90.6 Å². The Morgan fingerprint density at radius 2 is 1.86 bits per heavy atom. The summed E-state index contributed by atoms with van der Waals surface area (Å²) in [6.07, 6.45) is 15.5. The number of rotatable bonds is 3. The molecule has 0 amide bonds. The molecule has 0 aromatic carbocycles. The van der Waals surface area contributed by atoms with Crippen molar-refractivity contribution in [2.75, 3.05) is 19.6 Å². The van der Waals surface area contributed by atoms with E-state index in [1.807, 2.05) is 0 Å². The Kier molecular flexibility index (Phi) is 5.22. The molecule has 0 unspecified atom stereocenters. The van der Waals surface area contributed by atoms with Crippen LogP contribution in [0.4, 0.5) is 0 Å². The summed E-state index contributed by atoms with van der Waals surface area (Å²) in [7, 11) is 0. The van der Waals surface area contributed by atoms with Gasteiger partial charge < -0.3 is 10.0 Å². The quantitative estimate of drug-likeness (QED) is 0.711. The number of likely N-dealkylation sites (tertiary alicyclic amines) is 1. The Morgan fingerprint density at radius 1 is 1.07 bits per heavy atom. The van der Waals surface area contributed by atoms with E-state index in [4.69, 9.17) is 0 Å². The van der Waals surface area contributed by atoms with Gasteiger partial charge in [0.15, 0.2) is 5.78 Å². The predicted molar refractivity (Wildman–Crippen MR) is 116 cm³/mol. The van der Waals surface area contributed by atoms with E-state index in [1.54, 1.807) is 10.5 Å². The number of quaternary nitrogens is 1. The van der Waals surface area contributed by atoms with Gasteiger partial charge in [0, 0.05) is 5.92 Å². The van der Waals surface area contributed by atoms with Gasteiger partial charge in [0.25, 0.3) is 0 Å². The van der Waals surface area contributed by atoms with E-state index in [0.717, 1.165) is 50.0 Å². The highest BCUT2D eigenvalue weighted by molar-refractivity contribution is 5.83. The molecule has 1 heterocycles. The molecule has 1 aliphatic heterocycles. The molecule has 4 fully saturated rings. The number of hydrogen-bond acceptors (Lipinski definition) is 2. The molecule has 0 radical (unpaired) electrons. The lowest BCUT2D eigenvalue weighted by Crippen LogP contribution is -3.13. The number of aliphatic hydroxyl groups excluding tert-OH is 1. The number of Topliss-reactive ketones (excluding diaryl/α,β-unsaturated/α-hetero) is 1.